The van der Waals surface area contributed by atoms with Crippen molar-refractivity contribution in [3.63, 3.8) is 0 Å². The van der Waals surface area contributed by atoms with Crippen molar-refractivity contribution in [3.05, 3.63) is 28.8 Å². The molecule has 2 N–H and O–H groups in total. The van der Waals surface area contributed by atoms with Crippen molar-refractivity contribution < 1.29 is 0 Å². The lowest BCUT2D eigenvalue weighted by atomic mass is 9.94. The van der Waals surface area contributed by atoms with E-state index in [1.807, 2.05) is 0 Å². The van der Waals surface area contributed by atoms with Crippen molar-refractivity contribution in [3.8, 4) is 0 Å². The van der Waals surface area contributed by atoms with Crippen LogP contribution >= 0.6 is 11.3 Å². The molecular weight excluding hydrogens is 254 g/mol. The minimum atomic E-state index is 0.378. The van der Waals surface area contributed by atoms with E-state index in [0.29, 0.717) is 12.0 Å². The van der Waals surface area contributed by atoms with Gasteiger partial charge in [0.15, 0.2) is 0 Å². The number of likely N-dealkylation sites (tertiary alicyclic amines) is 1. The molecule has 0 amide bonds. The van der Waals surface area contributed by atoms with Crippen molar-refractivity contribution in [2.24, 2.45) is 11.7 Å². The number of hydrogen-bond donors (Lipinski definition) is 1. The van der Waals surface area contributed by atoms with Crippen molar-refractivity contribution in [2.45, 2.75) is 32.9 Å². The van der Waals surface area contributed by atoms with Gasteiger partial charge < -0.3 is 5.73 Å². The van der Waals surface area contributed by atoms with E-state index in [2.05, 4.69) is 41.9 Å². The predicted molar refractivity (Wildman–Crippen MR) is 81.4 cm³/mol. The number of nitrogens with zero attached hydrogens (tertiary/aromatic N) is 2. The molecule has 0 bridgehead atoms. The summed E-state index contributed by atoms with van der Waals surface area (Å²) in [4.78, 5) is 7.03. The maximum absolute atomic E-state index is 6.08. The second kappa shape index (κ2) is 5.19. The van der Waals surface area contributed by atoms with E-state index < -0.39 is 0 Å². The number of hydrogen-bond acceptors (Lipinski definition) is 4. The average molecular weight is 275 g/mol. The van der Waals surface area contributed by atoms with E-state index in [1.54, 1.807) is 11.3 Å². The monoisotopic (exact) mass is 275 g/mol. The number of fused-ring (bicyclic) bond motifs is 1. The molecule has 0 saturated carbocycles. The number of benzene rings is 1. The molecule has 0 radical (unpaired) electrons. The van der Waals surface area contributed by atoms with Crippen LogP contribution in [0, 0.1) is 12.8 Å². The smallest absolute Gasteiger partial charge is 0.0907 e. The lowest BCUT2D eigenvalue weighted by molar-refractivity contribution is 0.158. The summed E-state index contributed by atoms with van der Waals surface area (Å²) in [5, 5.41) is 1.14. The van der Waals surface area contributed by atoms with E-state index in [4.69, 9.17) is 5.73 Å². The number of thiazole rings is 1. The minimum absolute atomic E-state index is 0.378. The summed E-state index contributed by atoms with van der Waals surface area (Å²) in [6.07, 6.45) is 1.11. The highest BCUT2D eigenvalue weighted by atomic mass is 32.1. The molecule has 2 aromatic rings. The van der Waals surface area contributed by atoms with Gasteiger partial charge in [0.1, 0.15) is 0 Å². The maximum Gasteiger partial charge on any atom is 0.0907 e. The van der Waals surface area contributed by atoms with Gasteiger partial charge in [0.05, 0.1) is 15.2 Å². The van der Waals surface area contributed by atoms with Gasteiger partial charge in [0, 0.05) is 19.1 Å². The van der Waals surface area contributed by atoms with Gasteiger partial charge in [0.25, 0.3) is 0 Å². The maximum atomic E-state index is 6.08. The van der Waals surface area contributed by atoms with Crippen LogP contribution in [0.25, 0.3) is 10.2 Å². The fourth-order valence-electron chi connectivity index (χ4n) is 2.83. The van der Waals surface area contributed by atoms with Gasteiger partial charge in [0.2, 0.25) is 0 Å². The van der Waals surface area contributed by atoms with Crippen LogP contribution in [0.2, 0.25) is 0 Å². The highest BCUT2D eigenvalue weighted by Gasteiger charge is 2.22. The van der Waals surface area contributed by atoms with Crippen LogP contribution in [0.15, 0.2) is 18.2 Å². The number of rotatable bonds is 2. The molecule has 1 aromatic carbocycles. The molecule has 1 aliphatic rings. The topological polar surface area (TPSA) is 42.2 Å². The molecule has 1 aliphatic heterocycles. The first-order valence-corrected chi connectivity index (χ1v) is 7.77. The molecule has 4 heteroatoms. The van der Waals surface area contributed by atoms with E-state index in [-0.39, 0.29) is 0 Å². The van der Waals surface area contributed by atoms with Crippen LogP contribution in [0.5, 0.6) is 0 Å². The van der Waals surface area contributed by atoms with Crippen LogP contribution in [0.1, 0.15) is 23.9 Å². The summed E-state index contributed by atoms with van der Waals surface area (Å²) < 4.78 is 1.30. The molecule has 0 aliphatic carbocycles. The summed E-state index contributed by atoms with van der Waals surface area (Å²) >= 11 is 1.78. The summed E-state index contributed by atoms with van der Waals surface area (Å²) in [5.41, 5.74) is 8.59. The average Bonchev–Trinajstić information content (AvgIpc) is 2.73. The summed E-state index contributed by atoms with van der Waals surface area (Å²) in [6, 6.07) is 7.02. The third kappa shape index (κ3) is 2.81. The van der Waals surface area contributed by atoms with E-state index in [0.717, 1.165) is 36.6 Å². The lowest BCUT2D eigenvalue weighted by Crippen LogP contribution is -2.45. The van der Waals surface area contributed by atoms with Crippen molar-refractivity contribution in [1.82, 2.24) is 9.88 Å². The van der Waals surface area contributed by atoms with Gasteiger partial charge in [-0.1, -0.05) is 13.0 Å². The molecule has 2 unspecified atom stereocenters. The standard InChI is InChI=1S/C15H21N3S/c1-10-8-18(6-5-13(10)16)9-12-3-4-14-15(7-12)19-11(2)17-14/h3-4,7,10,13H,5-6,8-9,16H2,1-2H3. The Hall–Kier alpha value is -0.970. The van der Waals surface area contributed by atoms with E-state index >= 15 is 0 Å². The zero-order valence-electron chi connectivity index (χ0n) is 11.6. The zero-order valence-corrected chi connectivity index (χ0v) is 12.4. The Morgan fingerprint density at radius 3 is 3.11 bits per heavy atom. The summed E-state index contributed by atoms with van der Waals surface area (Å²) in [5.74, 6) is 0.600. The number of piperidine rings is 1. The Bertz CT molecular complexity index is 578. The van der Waals surface area contributed by atoms with Gasteiger partial charge in [-0.05, 0) is 43.5 Å². The molecular formula is C15H21N3S. The number of aryl methyl sites for hydroxylation is 1. The first kappa shape index (κ1) is 13.0. The quantitative estimate of drug-likeness (QED) is 0.916. The zero-order chi connectivity index (χ0) is 13.4. The lowest BCUT2D eigenvalue weighted by Gasteiger charge is -2.35. The fraction of sp³-hybridized carbons (Fsp3) is 0.533. The molecule has 3 rings (SSSR count). The molecule has 1 aromatic heterocycles. The summed E-state index contributed by atoms with van der Waals surface area (Å²) in [6.45, 7) is 7.58. The molecule has 19 heavy (non-hydrogen) atoms. The Morgan fingerprint density at radius 2 is 2.32 bits per heavy atom. The van der Waals surface area contributed by atoms with Gasteiger partial charge in [-0.3, -0.25) is 4.90 Å². The van der Waals surface area contributed by atoms with Gasteiger partial charge in [-0.2, -0.15) is 0 Å². The molecule has 2 heterocycles. The Morgan fingerprint density at radius 1 is 1.47 bits per heavy atom. The van der Waals surface area contributed by atoms with Gasteiger partial charge in [-0.15, -0.1) is 11.3 Å². The molecule has 1 fully saturated rings. The van der Waals surface area contributed by atoms with E-state index in [9.17, 15) is 0 Å². The van der Waals surface area contributed by atoms with Gasteiger partial charge >= 0.3 is 0 Å². The van der Waals surface area contributed by atoms with Crippen LogP contribution < -0.4 is 5.73 Å². The van der Waals surface area contributed by atoms with Crippen molar-refractivity contribution >= 4 is 21.6 Å². The molecule has 0 spiro atoms. The number of nitrogens with two attached hydrogens (primary N) is 1. The molecule has 2 atom stereocenters. The highest BCUT2D eigenvalue weighted by molar-refractivity contribution is 7.18. The Balaban J connectivity index is 1.74. The van der Waals surface area contributed by atoms with Crippen LogP contribution in [0.4, 0.5) is 0 Å². The largest absolute Gasteiger partial charge is 0.327 e. The summed E-state index contributed by atoms with van der Waals surface area (Å²) in [7, 11) is 0. The normalized spacial score (nSPS) is 25.0. The van der Waals surface area contributed by atoms with Crippen LogP contribution in [-0.4, -0.2) is 29.0 Å². The van der Waals surface area contributed by atoms with Crippen LogP contribution in [-0.2, 0) is 6.54 Å². The number of aromatic nitrogens is 1. The predicted octanol–water partition coefficient (Wildman–Crippen LogP) is 2.77. The third-order valence-corrected chi connectivity index (χ3v) is 4.96. The Labute approximate surface area is 118 Å². The van der Waals surface area contributed by atoms with Crippen LogP contribution in [0.3, 0.4) is 0 Å². The second-order valence-electron chi connectivity index (χ2n) is 5.70. The SMILES string of the molecule is Cc1nc2ccc(CN3CCC(N)C(C)C3)cc2s1. The van der Waals surface area contributed by atoms with Crippen molar-refractivity contribution in [2.75, 3.05) is 13.1 Å². The fourth-order valence-corrected chi connectivity index (χ4v) is 3.73. The van der Waals surface area contributed by atoms with Crippen molar-refractivity contribution in [1.29, 1.82) is 0 Å². The molecule has 3 nitrogen and oxygen atoms in total. The second-order valence-corrected chi connectivity index (χ2v) is 6.93. The Kier molecular flexibility index (Phi) is 3.56. The molecule has 1 saturated heterocycles. The van der Waals surface area contributed by atoms with E-state index in [1.165, 1.54) is 10.3 Å². The van der Waals surface area contributed by atoms with Gasteiger partial charge in [-0.25, -0.2) is 4.98 Å². The highest BCUT2D eigenvalue weighted by Crippen LogP contribution is 2.24. The first-order valence-electron chi connectivity index (χ1n) is 6.96. The molecule has 102 valence electrons. The first-order chi connectivity index (χ1) is 9.11. The minimum Gasteiger partial charge on any atom is -0.327 e. The third-order valence-electron chi connectivity index (χ3n) is 4.02.